The molecule has 0 aliphatic rings. The molecular formula is C12H15BrClN5O. The van der Waals surface area contributed by atoms with Crippen molar-refractivity contribution in [3.05, 3.63) is 34.3 Å². The molecule has 0 aliphatic heterocycles. The molecule has 1 amide bonds. The highest BCUT2D eigenvalue weighted by Crippen LogP contribution is 2.14. The van der Waals surface area contributed by atoms with Crippen LogP contribution in [0.1, 0.15) is 19.4 Å². The van der Waals surface area contributed by atoms with Gasteiger partial charge in [0.05, 0.1) is 28.4 Å². The van der Waals surface area contributed by atoms with E-state index in [4.69, 9.17) is 11.6 Å². The summed E-state index contributed by atoms with van der Waals surface area (Å²) in [5.41, 5.74) is 0. The van der Waals surface area contributed by atoms with Crippen LogP contribution in [0, 0.1) is 0 Å². The maximum Gasteiger partial charge on any atom is 0.244 e. The molecule has 0 spiro atoms. The first-order valence-electron chi connectivity index (χ1n) is 6.25. The standard InChI is InChI=1S/C12H15BrClN5O/c1-2-11(19-8-10(14)6-17-19)12(20)15-3-4-18-7-9(13)5-16-18/h5-8,11H,2-4H2,1H3,(H,15,20). The van der Waals surface area contributed by atoms with Gasteiger partial charge in [0.1, 0.15) is 6.04 Å². The second kappa shape index (κ2) is 6.90. The Kier molecular flexibility index (Phi) is 5.19. The van der Waals surface area contributed by atoms with Gasteiger partial charge in [0.25, 0.3) is 0 Å². The molecule has 2 aromatic heterocycles. The van der Waals surface area contributed by atoms with Gasteiger partial charge in [-0.3, -0.25) is 14.2 Å². The largest absolute Gasteiger partial charge is 0.352 e. The number of rotatable bonds is 6. The van der Waals surface area contributed by atoms with Gasteiger partial charge < -0.3 is 5.32 Å². The fraction of sp³-hybridized carbons (Fsp3) is 0.417. The van der Waals surface area contributed by atoms with Gasteiger partial charge in [-0.15, -0.1) is 0 Å². The zero-order chi connectivity index (χ0) is 14.5. The molecule has 6 nitrogen and oxygen atoms in total. The minimum absolute atomic E-state index is 0.0708. The van der Waals surface area contributed by atoms with Gasteiger partial charge in [-0.25, -0.2) is 0 Å². The molecule has 1 atom stereocenters. The van der Waals surface area contributed by atoms with Crippen LogP contribution < -0.4 is 5.32 Å². The van der Waals surface area contributed by atoms with Gasteiger partial charge in [-0.05, 0) is 22.4 Å². The predicted molar refractivity (Wildman–Crippen MR) is 79.5 cm³/mol. The molecule has 0 fully saturated rings. The van der Waals surface area contributed by atoms with E-state index in [0.717, 1.165) is 4.47 Å². The summed E-state index contributed by atoms with van der Waals surface area (Å²) in [5.74, 6) is -0.0708. The van der Waals surface area contributed by atoms with Crippen molar-refractivity contribution in [2.45, 2.75) is 25.9 Å². The Morgan fingerprint density at radius 2 is 2.25 bits per heavy atom. The molecule has 0 saturated heterocycles. The molecule has 2 aromatic rings. The number of carbonyl (C=O) groups excluding carboxylic acids is 1. The first-order valence-corrected chi connectivity index (χ1v) is 7.42. The lowest BCUT2D eigenvalue weighted by atomic mass is 10.2. The molecule has 108 valence electrons. The lowest BCUT2D eigenvalue weighted by molar-refractivity contribution is -0.124. The average Bonchev–Trinajstić information content (AvgIpc) is 3.00. The van der Waals surface area contributed by atoms with E-state index in [1.807, 2.05) is 13.1 Å². The molecule has 2 heterocycles. The smallest absolute Gasteiger partial charge is 0.244 e. The van der Waals surface area contributed by atoms with Crippen molar-refractivity contribution in [1.29, 1.82) is 0 Å². The minimum atomic E-state index is -0.341. The van der Waals surface area contributed by atoms with Gasteiger partial charge in [-0.2, -0.15) is 10.2 Å². The van der Waals surface area contributed by atoms with E-state index in [9.17, 15) is 4.79 Å². The van der Waals surface area contributed by atoms with Gasteiger partial charge in [0, 0.05) is 18.9 Å². The number of hydrogen-bond donors (Lipinski definition) is 1. The van der Waals surface area contributed by atoms with Crippen LogP contribution in [0.4, 0.5) is 0 Å². The molecule has 0 radical (unpaired) electrons. The zero-order valence-electron chi connectivity index (χ0n) is 11.0. The van der Waals surface area contributed by atoms with E-state index in [2.05, 4.69) is 31.4 Å². The van der Waals surface area contributed by atoms with Crippen LogP contribution in [-0.2, 0) is 11.3 Å². The van der Waals surface area contributed by atoms with Crippen molar-refractivity contribution in [2.75, 3.05) is 6.54 Å². The Morgan fingerprint density at radius 3 is 2.80 bits per heavy atom. The molecule has 8 heteroatoms. The molecule has 1 unspecified atom stereocenters. The van der Waals surface area contributed by atoms with Crippen LogP contribution in [0.5, 0.6) is 0 Å². The summed E-state index contributed by atoms with van der Waals surface area (Å²) in [6.07, 6.45) is 7.40. The third-order valence-electron chi connectivity index (χ3n) is 2.82. The summed E-state index contributed by atoms with van der Waals surface area (Å²) in [6, 6.07) is -0.341. The summed E-state index contributed by atoms with van der Waals surface area (Å²) in [6.45, 7) is 3.07. The van der Waals surface area contributed by atoms with Crippen LogP contribution in [-0.4, -0.2) is 32.0 Å². The van der Waals surface area contributed by atoms with Gasteiger partial charge in [-0.1, -0.05) is 18.5 Å². The number of hydrogen-bond acceptors (Lipinski definition) is 3. The number of nitrogens with one attached hydrogen (secondary N) is 1. The van der Waals surface area contributed by atoms with E-state index in [1.54, 1.807) is 21.8 Å². The molecule has 0 aromatic carbocycles. The maximum absolute atomic E-state index is 12.1. The molecule has 2 rings (SSSR count). The van der Waals surface area contributed by atoms with E-state index < -0.39 is 0 Å². The quantitative estimate of drug-likeness (QED) is 0.859. The Hall–Kier alpha value is -1.34. The number of carbonyl (C=O) groups is 1. The Bertz CT molecular complexity index is 582. The Balaban J connectivity index is 1.86. The predicted octanol–water partition coefficient (Wildman–Crippen LogP) is 2.26. The summed E-state index contributed by atoms with van der Waals surface area (Å²) in [5, 5.41) is 11.6. The fourth-order valence-corrected chi connectivity index (χ4v) is 2.32. The van der Waals surface area contributed by atoms with Crippen molar-refractivity contribution < 1.29 is 4.79 Å². The highest BCUT2D eigenvalue weighted by molar-refractivity contribution is 9.10. The summed E-state index contributed by atoms with van der Waals surface area (Å²) < 4.78 is 4.26. The molecule has 0 aliphatic carbocycles. The minimum Gasteiger partial charge on any atom is -0.352 e. The first kappa shape index (κ1) is 15.1. The Labute approximate surface area is 130 Å². The fourth-order valence-electron chi connectivity index (χ4n) is 1.85. The van der Waals surface area contributed by atoms with Crippen LogP contribution >= 0.6 is 27.5 Å². The van der Waals surface area contributed by atoms with Crippen LogP contribution in [0.15, 0.2) is 29.3 Å². The first-order chi connectivity index (χ1) is 9.60. The lowest BCUT2D eigenvalue weighted by Crippen LogP contribution is -2.34. The normalized spacial score (nSPS) is 12.3. The van der Waals surface area contributed by atoms with E-state index in [1.165, 1.54) is 6.20 Å². The summed E-state index contributed by atoms with van der Waals surface area (Å²) in [4.78, 5) is 12.1. The molecule has 0 bridgehead atoms. The molecular weight excluding hydrogens is 346 g/mol. The van der Waals surface area contributed by atoms with Crippen molar-refractivity contribution in [3.8, 4) is 0 Å². The maximum atomic E-state index is 12.1. The highest BCUT2D eigenvalue weighted by Gasteiger charge is 2.18. The van der Waals surface area contributed by atoms with E-state index in [-0.39, 0.29) is 11.9 Å². The van der Waals surface area contributed by atoms with Crippen molar-refractivity contribution >= 4 is 33.4 Å². The summed E-state index contributed by atoms with van der Waals surface area (Å²) >= 11 is 9.15. The topological polar surface area (TPSA) is 64.7 Å². The number of amides is 1. The molecule has 20 heavy (non-hydrogen) atoms. The van der Waals surface area contributed by atoms with E-state index >= 15 is 0 Å². The SMILES string of the molecule is CCC(C(=O)NCCn1cc(Br)cn1)n1cc(Cl)cn1. The van der Waals surface area contributed by atoms with Crippen molar-refractivity contribution in [1.82, 2.24) is 24.9 Å². The number of aromatic nitrogens is 4. The molecule has 0 saturated carbocycles. The lowest BCUT2D eigenvalue weighted by Gasteiger charge is -2.15. The second-order valence-corrected chi connectivity index (χ2v) is 5.63. The average molecular weight is 361 g/mol. The Morgan fingerprint density at radius 1 is 1.45 bits per heavy atom. The third kappa shape index (κ3) is 3.83. The highest BCUT2D eigenvalue weighted by atomic mass is 79.9. The summed E-state index contributed by atoms with van der Waals surface area (Å²) in [7, 11) is 0. The molecule has 1 N–H and O–H groups in total. The third-order valence-corrected chi connectivity index (χ3v) is 3.43. The van der Waals surface area contributed by atoms with Gasteiger partial charge in [0.15, 0.2) is 0 Å². The zero-order valence-corrected chi connectivity index (χ0v) is 13.3. The van der Waals surface area contributed by atoms with Crippen LogP contribution in [0.25, 0.3) is 0 Å². The van der Waals surface area contributed by atoms with Crippen LogP contribution in [0.3, 0.4) is 0 Å². The van der Waals surface area contributed by atoms with Crippen molar-refractivity contribution in [3.63, 3.8) is 0 Å². The number of halogens is 2. The van der Waals surface area contributed by atoms with Crippen LogP contribution in [0.2, 0.25) is 5.02 Å². The second-order valence-electron chi connectivity index (χ2n) is 4.28. The monoisotopic (exact) mass is 359 g/mol. The van der Waals surface area contributed by atoms with Gasteiger partial charge >= 0.3 is 0 Å². The van der Waals surface area contributed by atoms with E-state index in [0.29, 0.717) is 24.5 Å². The number of nitrogens with zero attached hydrogens (tertiary/aromatic N) is 4. The van der Waals surface area contributed by atoms with Crippen molar-refractivity contribution in [2.24, 2.45) is 0 Å². The van der Waals surface area contributed by atoms with Gasteiger partial charge in [0.2, 0.25) is 5.91 Å².